The highest BCUT2D eigenvalue weighted by Crippen LogP contribution is 1.97. The summed E-state index contributed by atoms with van der Waals surface area (Å²) in [5.74, 6) is 0.284. The van der Waals surface area contributed by atoms with Gasteiger partial charge in [0.15, 0.2) is 12.1 Å². The second kappa shape index (κ2) is 3.21. The van der Waals surface area contributed by atoms with Crippen molar-refractivity contribution in [2.45, 2.75) is 13.5 Å². The molecular formula is C7H8N2O2. The van der Waals surface area contributed by atoms with Gasteiger partial charge in [-0.1, -0.05) is 0 Å². The Morgan fingerprint density at radius 3 is 2.91 bits per heavy atom. The van der Waals surface area contributed by atoms with Crippen LogP contribution in [0.25, 0.3) is 0 Å². The summed E-state index contributed by atoms with van der Waals surface area (Å²) >= 11 is 0. The lowest BCUT2D eigenvalue weighted by Crippen LogP contribution is -2.00. The van der Waals surface area contributed by atoms with E-state index in [0.717, 1.165) is 0 Å². The maximum atomic E-state index is 10.3. The van der Waals surface area contributed by atoms with Crippen molar-refractivity contribution in [1.82, 2.24) is 9.97 Å². The summed E-state index contributed by atoms with van der Waals surface area (Å²) < 4.78 is 0. The van der Waals surface area contributed by atoms with Gasteiger partial charge in [-0.15, -0.1) is 0 Å². The number of hydrogen-bond donors (Lipinski definition) is 1. The lowest BCUT2D eigenvalue weighted by Gasteiger charge is -1.97. The van der Waals surface area contributed by atoms with Gasteiger partial charge in [0, 0.05) is 5.69 Å². The van der Waals surface area contributed by atoms with Crippen molar-refractivity contribution in [1.29, 1.82) is 0 Å². The van der Waals surface area contributed by atoms with E-state index < -0.39 is 0 Å². The average molecular weight is 152 g/mol. The van der Waals surface area contributed by atoms with Gasteiger partial charge in [-0.3, -0.25) is 4.79 Å². The lowest BCUT2D eigenvalue weighted by molar-refractivity contribution is 0.111. The topological polar surface area (TPSA) is 63.1 Å². The Bertz CT molecular complexity index is 273. The van der Waals surface area contributed by atoms with E-state index in [9.17, 15) is 4.79 Å². The van der Waals surface area contributed by atoms with Crippen molar-refractivity contribution >= 4 is 6.29 Å². The Morgan fingerprint density at radius 1 is 1.64 bits per heavy atom. The summed E-state index contributed by atoms with van der Waals surface area (Å²) in [7, 11) is 0. The lowest BCUT2D eigenvalue weighted by atomic mass is 10.3. The molecule has 11 heavy (non-hydrogen) atoms. The number of aromatic nitrogens is 2. The van der Waals surface area contributed by atoms with Crippen molar-refractivity contribution in [3.05, 3.63) is 23.3 Å². The minimum Gasteiger partial charge on any atom is -0.388 e. The van der Waals surface area contributed by atoms with Gasteiger partial charge in [0.25, 0.3) is 0 Å². The molecule has 0 radical (unpaired) electrons. The van der Waals surface area contributed by atoms with E-state index in [1.165, 1.54) is 0 Å². The zero-order valence-corrected chi connectivity index (χ0v) is 6.11. The number of aryl methyl sites for hydroxylation is 1. The highest BCUT2D eigenvalue weighted by molar-refractivity contribution is 5.71. The molecule has 0 spiro atoms. The minimum absolute atomic E-state index is 0.234. The predicted molar refractivity (Wildman–Crippen MR) is 38.1 cm³/mol. The zero-order valence-electron chi connectivity index (χ0n) is 6.11. The molecule has 0 aromatic carbocycles. The fraction of sp³-hybridized carbons (Fsp3) is 0.286. The number of nitrogens with zero attached hydrogens (tertiary/aromatic N) is 2. The van der Waals surface area contributed by atoms with E-state index in [1.807, 2.05) is 0 Å². The predicted octanol–water partition coefficient (Wildman–Crippen LogP) is 0.0898. The van der Waals surface area contributed by atoms with Crippen molar-refractivity contribution in [3.63, 3.8) is 0 Å². The molecule has 1 aromatic heterocycles. The first kappa shape index (κ1) is 7.81. The first-order chi connectivity index (χ1) is 5.26. The van der Waals surface area contributed by atoms with Crippen LogP contribution in [0.15, 0.2) is 6.07 Å². The maximum Gasteiger partial charge on any atom is 0.168 e. The van der Waals surface area contributed by atoms with Crippen LogP contribution in [0.3, 0.4) is 0 Å². The number of aliphatic hydroxyl groups excluding tert-OH is 1. The van der Waals surface area contributed by atoms with E-state index in [-0.39, 0.29) is 12.4 Å². The van der Waals surface area contributed by atoms with Gasteiger partial charge in [0.2, 0.25) is 0 Å². The molecule has 0 saturated heterocycles. The SMILES string of the molecule is Cc1cc(C=O)nc(CO)n1. The van der Waals surface area contributed by atoms with Crippen LogP contribution in [-0.2, 0) is 6.61 Å². The Hall–Kier alpha value is -1.29. The molecule has 0 saturated carbocycles. The molecule has 4 heteroatoms. The third kappa shape index (κ3) is 1.81. The molecule has 1 N–H and O–H groups in total. The molecule has 58 valence electrons. The molecule has 0 aliphatic heterocycles. The molecule has 0 amide bonds. The number of carbonyl (C=O) groups excluding carboxylic acids is 1. The fourth-order valence-corrected chi connectivity index (χ4v) is 0.787. The molecule has 0 aliphatic carbocycles. The van der Waals surface area contributed by atoms with Gasteiger partial charge < -0.3 is 5.11 Å². The van der Waals surface area contributed by atoms with Crippen LogP contribution in [0.5, 0.6) is 0 Å². The van der Waals surface area contributed by atoms with Crippen LogP contribution in [0.1, 0.15) is 22.0 Å². The Morgan fingerprint density at radius 2 is 2.36 bits per heavy atom. The molecule has 1 rings (SSSR count). The van der Waals surface area contributed by atoms with Crippen LogP contribution in [0.2, 0.25) is 0 Å². The third-order valence-electron chi connectivity index (χ3n) is 1.18. The smallest absolute Gasteiger partial charge is 0.168 e. The Balaban J connectivity index is 3.11. The van der Waals surface area contributed by atoms with E-state index in [0.29, 0.717) is 17.7 Å². The van der Waals surface area contributed by atoms with Crippen LogP contribution < -0.4 is 0 Å². The monoisotopic (exact) mass is 152 g/mol. The molecule has 1 aromatic rings. The van der Waals surface area contributed by atoms with Crippen LogP contribution in [0.4, 0.5) is 0 Å². The summed E-state index contributed by atoms with van der Waals surface area (Å²) in [4.78, 5) is 17.9. The number of carbonyl (C=O) groups is 1. The Labute approximate surface area is 63.9 Å². The molecule has 4 nitrogen and oxygen atoms in total. The van der Waals surface area contributed by atoms with Crippen molar-refractivity contribution < 1.29 is 9.90 Å². The number of rotatable bonds is 2. The second-order valence-electron chi connectivity index (χ2n) is 2.13. The normalized spacial score (nSPS) is 9.64. The van der Waals surface area contributed by atoms with Gasteiger partial charge in [0.1, 0.15) is 12.3 Å². The van der Waals surface area contributed by atoms with Crippen molar-refractivity contribution in [2.75, 3.05) is 0 Å². The van der Waals surface area contributed by atoms with Crippen LogP contribution in [0, 0.1) is 6.92 Å². The summed E-state index contributed by atoms with van der Waals surface area (Å²) in [6, 6.07) is 1.56. The van der Waals surface area contributed by atoms with Crippen molar-refractivity contribution in [3.8, 4) is 0 Å². The van der Waals surface area contributed by atoms with E-state index in [4.69, 9.17) is 5.11 Å². The van der Waals surface area contributed by atoms with Gasteiger partial charge >= 0.3 is 0 Å². The standard InChI is InChI=1S/C7H8N2O2/c1-5-2-6(3-10)9-7(4-11)8-5/h2-3,11H,4H2,1H3. The molecular weight excluding hydrogens is 144 g/mol. The Kier molecular flexibility index (Phi) is 2.28. The molecule has 0 atom stereocenters. The summed E-state index contributed by atoms with van der Waals surface area (Å²) in [6.07, 6.45) is 0.633. The summed E-state index contributed by atoms with van der Waals surface area (Å²) in [5.41, 5.74) is 0.993. The zero-order chi connectivity index (χ0) is 8.27. The summed E-state index contributed by atoms with van der Waals surface area (Å²) in [5, 5.41) is 8.64. The second-order valence-corrected chi connectivity index (χ2v) is 2.13. The van der Waals surface area contributed by atoms with Gasteiger partial charge in [-0.25, -0.2) is 9.97 Å². The molecule has 0 bridgehead atoms. The first-order valence-corrected chi connectivity index (χ1v) is 3.17. The maximum absolute atomic E-state index is 10.3. The minimum atomic E-state index is -0.234. The quantitative estimate of drug-likeness (QED) is 0.610. The largest absolute Gasteiger partial charge is 0.388 e. The summed E-state index contributed by atoms with van der Waals surface area (Å²) in [6.45, 7) is 1.51. The number of aliphatic hydroxyl groups is 1. The van der Waals surface area contributed by atoms with Crippen LogP contribution in [-0.4, -0.2) is 21.4 Å². The third-order valence-corrected chi connectivity index (χ3v) is 1.18. The van der Waals surface area contributed by atoms with Gasteiger partial charge in [0.05, 0.1) is 0 Å². The highest BCUT2D eigenvalue weighted by atomic mass is 16.3. The number of aldehydes is 1. The first-order valence-electron chi connectivity index (χ1n) is 3.17. The van der Waals surface area contributed by atoms with E-state index in [2.05, 4.69) is 9.97 Å². The molecule has 0 aliphatic rings. The highest BCUT2D eigenvalue weighted by Gasteiger charge is 1.98. The fourth-order valence-electron chi connectivity index (χ4n) is 0.787. The van der Waals surface area contributed by atoms with E-state index >= 15 is 0 Å². The van der Waals surface area contributed by atoms with Crippen LogP contribution >= 0.6 is 0 Å². The number of hydrogen-bond acceptors (Lipinski definition) is 4. The van der Waals surface area contributed by atoms with Gasteiger partial charge in [-0.05, 0) is 13.0 Å². The molecule has 1 heterocycles. The molecule has 0 fully saturated rings. The molecule has 0 unspecified atom stereocenters. The van der Waals surface area contributed by atoms with Gasteiger partial charge in [-0.2, -0.15) is 0 Å². The average Bonchev–Trinajstić information content (AvgIpc) is 2.03. The van der Waals surface area contributed by atoms with Crippen molar-refractivity contribution in [2.24, 2.45) is 0 Å². The van der Waals surface area contributed by atoms with E-state index in [1.54, 1.807) is 13.0 Å².